The van der Waals surface area contributed by atoms with Crippen LogP contribution in [0.2, 0.25) is 5.02 Å². The molecule has 0 radical (unpaired) electrons. The summed E-state index contributed by atoms with van der Waals surface area (Å²) in [5.74, 6) is -1.06. The van der Waals surface area contributed by atoms with Crippen LogP contribution in [0.25, 0.3) is 5.78 Å². The fourth-order valence-electron chi connectivity index (χ4n) is 7.40. The van der Waals surface area contributed by atoms with Crippen LogP contribution in [0, 0.1) is 6.92 Å². The number of halogens is 4. The van der Waals surface area contributed by atoms with E-state index in [1.54, 1.807) is 16.4 Å². The highest BCUT2D eigenvalue weighted by molar-refractivity contribution is 6.33. The van der Waals surface area contributed by atoms with E-state index >= 15 is 0 Å². The zero-order chi connectivity index (χ0) is 35.5. The highest BCUT2D eigenvalue weighted by Gasteiger charge is 2.49. The van der Waals surface area contributed by atoms with Crippen molar-refractivity contribution in [3.05, 3.63) is 68.1 Å². The molecule has 1 unspecified atom stereocenters. The van der Waals surface area contributed by atoms with Crippen LogP contribution in [0.1, 0.15) is 65.1 Å². The van der Waals surface area contributed by atoms with E-state index < -0.39 is 29.0 Å². The van der Waals surface area contributed by atoms with Crippen LogP contribution in [0.5, 0.6) is 5.75 Å². The zero-order valence-electron chi connectivity index (χ0n) is 27.1. The second-order valence-corrected chi connectivity index (χ2v) is 13.4. The smallest absolute Gasteiger partial charge is 0.416 e. The van der Waals surface area contributed by atoms with E-state index in [1.165, 1.54) is 10.8 Å². The fourth-order valence-corrected chi connectivity index (χ4v) is 7.63. The third-order valence-corrected chi connectivity index (χ3v) is 10.2. The summed E-state index contributed by atoms with van der Waals surface area (Å²) in [4.78, 5) is 57.5. The molecule has 4 aromatic rings. The lowest BCUT2D eigenvalue weighted by atomic mass is 9.73. The first kappa shape index (κ1) is 33.7. The van der Waals surface area contributed by atoms with Crippen LogP contribution in [0.3, 0.4) is 0 Å². The van der Waals surface area contributed by atoms with Crippen LogP contribution in [0.4, 0.5) is 24.8 Å². The first-order valence-electron chi connectivity index (χ1n) is 16.1. The molecule has 1 atom stereocenters. The number of ether oxygens (including phenoxy) is 1. The van der Waals surface area contributed by atoms with Crippen molar-refractivity contribution in [2.24, 2.45) is 0 Å². The average molecular weight is 716 g/mol. The lowest BCUT2D eigenvalue weighted by Gasteiger charge is -2.39. The van der Waals surface area contributed by atoms with E-state index in [-0.39, 0.29) is 64.7 Å². The largest absolute Gasteiger partial charge is 0.504 e. The Morgan fingerprint density at radius 1 is 1.14 bits per heavy atom. The van der Waals surface area contributed by atoms with E-state index in [9.17, 15) is 32.7 Å². The number of aromatic hydroxyl groups is 1. The van der Waals surface area contributed by atoms with Crippen molar-refractivity contribution in [2.45, 2.75) is 57.2 Å². The Balaban J connectivity index is 1.25. The normalized spacial score (nSPS) is 18.9. The average Bonchev–Trinajstić information content (AvgIpc) is 3.65. The van der Waals surface area contributed by atoms with Gasteiger partial charge in [-0.25, -0.2) is 9.97 Å². The lowest BCUT2D eigenvalue weighted by molar-refractivity contribution is -0.137. The Hall–Kier alpha value is -4.77. The van der Waals surface area contributed by atoms with Gasteiger partial charge in [0.2, 0.25) is 17.6 Å². The summed E-state index contributed by atoms with van der Waals surface area (Å²) in [6.07, 6.45) is -1.96. The fraction of sp³-hybridized carbons (Fsp3) is 0.469. The molecule has 2 aliphatic heterocycles. The van der Waals surface area contributed by atoms with Crippen LogP contribution in [0.15, 0.2) is 29.3 Å². The Morgan fingerprint density at radius 2 is 1.86 bits per heavy atom. The van der Waals surface area contributed by atoms with Crippen molar-refractivity contribution in [1.29, 1.82) is 0 Å². The molecule has 0 bridgehead atoms. The van der Waals surface area contributed by atoms with Gasteiger partial charge in [-0.15, -0.1) is 5.10 Å². The van der Waals surface area contributed by atoms with Crippen molar-refractivity contribution >= 4 is 40.8 Å². The monoisotopic (exact) mass is 715 g/mol. The van der Waals surface area contributed by atoms with E-state index in [0.29, 0.717) is 62.8 Å². The molecule has 3 aliphatic rings. The van der Waals surface area contributed by atoms with E-state index in [2.05, 4.69) is 20.4 Å². The Kier molecular flexibility index (Phi) is 8.45. The first-order chi connectivity index (χ1) is 23.8. The maximum atomic E-state index is 14.4. The minimum Gasteiger partial charge on any atom is -0.504 e. The highest BCUT2D eigenvalue weighted by atomic mass is 35.5. The molecule has 2 N–H and O–H groups in total. The number of hydrogen-bond acceptors (Lipinski definition) is 10. The van der Waals surface area contributed by atoms with E-state index in [1.807, 2.05) is 11.8 Å². The number of carbonyl (C=O) groups excluding carboxylic acids is 2. The van der Waals surface area contributed by atoms with Crippen molar-refractivity contribution in [3.8, 4) is 5.75 Å². The molecule has 2 amide bonds. The maximum absolute atomic E-state index is 14.4. The van der Waals surface area contributed by atoms with Crippen molar-refractivity contribution in [2.75, 3.05) is 49.6 Å². The lowest BCUT2D eigenvalue weighted by Crippen LogP contribution is -2.46. The summed E-state index contributed by atoms with van der Waals surface area (Å²) in [7, 11) is 0. The number of fused-ring (bicyclic) bond motifs is 3. The van der Waals surface area contributed by atoms with Gasteiger partial charge in [0.25, 0.3) is 11.5 Å². The van der Waals surface area contributed by atoms with Gasteiger partial charge < -0.3 is 29.5 Å². The summed E-state index contributed by atoms with van der Waals surface area (Å²) < 4.78 is 48.0. The van der Waals surface area contributed by atoms with Gasteiger partial charge in [-0.05, 0) is 50.3 Å². The van der Waals surface area contributed by atoms with Gasteiger partial charge >= 0.3 is 6.18 Å². The second-order valence-electron chi connectivity index (χ2n) is 12.9. The van der Waals surface area contributed by atoms with Gasteiger partial charge in [0.15, 0.2) is 11.4 Å². The number of piperidine rings is 1. The Bertz CT molecular complexity index is 2070. The quantitative estimate of drug-likeness (QED) is 0.313. The SMILES string of the molecule is Cc1ncnc(C(=O)N2CCC3(CC2)CC(C)c2c3c(=O)n3nc(N4CCOCC4)nc3n2CC(=O)Nc2ccc(C(F)(F)F)cc2Cl)c1O. The Morgan fingerprint density at radius 3 is 2.54 bits per heavy atom. The number of rotatable bonds is 5. The van der Waals surface area contributed by atoms with Gasteiger partial charge in [-0.3, -0.25) is 14.4 Å². The van der Waals surface area contributed by atoms with Gasteiger partial charge in [0.1, 0.15) is 12.9 Å². The number of likely N-dealkylation sites (tertiary alicyclic amines) is 1. The van der Waals surface area contributed by atoms with Crippen LogP contribution in [-0.4, -0.2) is 90.3 Å². The number of aryl methyl sites for hydroxylation is 1. The maximum Gasteiger partial charge on any atom is 0.416 e. The molecule has 1 aliphatic carbocycles. The number of hydrogen-bond donors (Lipinski definition) is 2. The van der Waals surface area contributed by atoms with E-state index in [4.69, 9.17) is 21.3 Å². The molecular weight excluding hydrogens is 683 g/mol. The Labute approximate surface area is 287 Å². The van der Waals surface area contributed by atoms with Crippen molar-refractivity contribution in [3.63, 3.8) is 0 Å². The number of alkyl halides is 3. The standard InChI is InChI=1S/C32H33ClF3N9O5/c1-17-14-31(5-7-42(8-6-31)28(49)24-26(47)18(2)37-16-38-24)23-25(17)44(15-22(46)39-21-4-3-19(13-20(21)33)32(34,35)36)30-40-29(41-45(30)27(23)48)43-9-11-50-12-10-43/h3-4,13,16-17,47H,5-12,14-15H2,1-2H3,(H,39,46). The molecule has 264 valence electrons. The van der Waals surface area contributed by atoms with Gasteiger partial charge in [-0.2, -0.15) is 22.7 Å². The molecule has 18 heteroatoms. The molecule has 5 heterocycles. The van der Waals surface area contributed by atoms with Crippen LogP contribution >= 0.6 is 11.6 Å². The molecule has 1 spiro atoms. The number of amides is 2. The topological polar surface area (TPSA) is 160 Å². The molecule has 7 rings (SSSR count). The first-order valence-corrected chi connectivity index (χ1v) is 16.5. The van der Waals surface area contributed by atoms with E-state index in [0.717, 1.165) is 18.2 Å². The minimum absolute atomic E-state index is 0.000301. The predicted octanol–water partition coefficient (Wildman–Crippen LogP) is 3.52. The summed E-state index contributed by atoms with van der Waals surface area (Å²) >= 11 is 6.14. The number of benzene rings is 1. The third kappa shape index (κ3) is 5.81. The number of nitrogens with zero attached hydrogens (tertiary/aromatic N) is 8. The van der Waals surface area contributed by atoms with Gasteiger partial charge in [-0.1, -0.05) is 18.5 Å². The van der Waals surface area contributed by atoms with Crippen molar-refractivity contribution in [1.82, 2.24) is 34.0 Å². The summed E-state index contributed by atoms with van der Waals surface area (Å²) in [5.41, 5.74) is -0.664. The summed E-state index contributed by atoms with van der Waals surface area (Å²) in [6.45, 7) is 5.69. The number of anilines is 2. The number of nitrogens with one attached hydrogen (secondary N) is 1. The van der Waals surface area contributed by atoms with Crippen LogP contribution < -0.4 is 15.8 Å². The number of aromatic nitrogens is 6. The molecular formula is C32H33ClF3N9O5. The molecule has 1 aromatic carbocycles. The molecule has 2 fully saturated rings. The highest BCUT2D eigenvalue weighted by Crippen LogP contribution is 2.50. The van der Waals surface area contributed by atoms with Gasteiger partial charge in [0, 0.05) is 42.9 Å². The number of carbonyl (C=O) groups is 2. The zero-order valence-corrected chi connectivity index (χ0v) is 27.9. The summed E-state index contributed by atoms with van der Waals surface area (Å²) in [6, 6.07) is 2.67. The predicted molar refractivity (Wildman–Crippen MR) is 174 cm³/mol. The number of morpholine rings is 1. The van der Waals surface area contributed by atoms with Gasteiger partial charge in [0.05, 0.1) is 35.2 Å². The molecule has 14 nitrogen and oxygen atoms in total. The summed E-state index contributed by atoms with van der Waals surface area (Å²) in [5, 5.41) is 17.4. The molecule has 50 heavy (non-hydrogen) atoms. The van der Waals surface area contributed by atoms with Crippen molar-refractivity contribution < 1.29 is 32.6 Å². The van der Waals surface area contributed by atoms with Crippen LogP contribution in [-0.2, 0) is 27.7 Å². The minimum atomic E-state index is -4.60. The second kappa shape index (κ2) is 12.5. The third-order valence-electron chi connectivity index (χ3n) is 9.85. The molecule has 0 saturated carbocycles. The molecule has 2 saturated heterocycles. The molecule has 3 aromatic heterocycles.